The van der Waals surface area contributed by atoms with Crippen molar-refractivity contribution in [1.82, 2.24) is 19.6 Å². The first-order valence-electron chi connectivity index (χ1n) is 9.24. The SMILES string of the molecule is CN(C[C@@H]1Cc2ccccc2CN1C)C(=O)c1cccc(-n2cccn2)c1. The molecule has 2 aromatic carbocycles. The number of fused-ring (bicyclic) bond motifs is 1. The van der Waals surface area contributed by atoms with Crippen LogP contribution in [0.15, 0.2) is 67.0 Å². The molecule has 0 bridgehead atoms. The first kappa shape index (κ1) is 17.5. The molecule has 1 amide bonds. The van der Waals surface area contributed by atoms with Gasteiger partial charge in [-0.2, -0.15) is 5.10 Å². The van der Waals surface area contributed by atoms with Crippen LogP contribution in [0.3, 0.4) is 0 Å². The van der Waals surface area contributed by atoms with Crippen LogP contribution in [0.25, 0.3) is 5.69 Å². The third kappa shape index (κ3) is 3.64. The summed E-state index contributed by atoms with van der Waals surface area (Å²) in [5.74, 6) is 0.0382. The summed E-state index contributed by atoms with van der Waals surface area (Å²) < 4.78 is 1.77. The van der Waals surface area contributed by atoms with Crippen molar-refractivity contribution in [2.75, 3.05) is 20.6 Å². The average molecular weight is 360 g/mol. The Morgan fingerprint density at radius 1 is 1.15 bits per heavy atom. The van der Waals surface area contributed by atoms with Crippen LogP contribution in [-0.4, -0.2) is 52.2 Å². The zero-order valence-electron chi connectivity index (χ0n) is 15.7. The van der Waals surface area contributed by atoms with E-state index in [0.717, 1.165) is 18.7 Å². The Balaban J connectivity index is 1.48. The molecule has 0 fully saturated rings. The maximum absolute atomic E-state index is 13.0. The number of hydrogen-bond acceptors (Lipinski definition) is 3. The molecule has 27 heavy (non-hydrogen) atoms. The van der Waals surface area contributed by atoms with Crippen LogP contribution in [0.2, 0.25) is 0 Å². The van der Waals surface area contributed by atoms with Gasteiger partial charge in [0.15, 0.2) is 0 Å². The zero-order chi connectivity index (χ0) is 18.8. The fourth-order valence-electron chi connectivity index (χ4n) is 3.74. The predicted octanol–water partition coefficient (Wildman–Crippen LogP) is 3.00. The van der Waals surface area contributed by atoms with Gasteiger partial charge in [-0.25, -0.2) is 4.68 Å². The van der Waals surface area contributed by atoms with Crippen LogP contribution >= 0.6 is 0 Å². The number of nitrogens with zero attached hydrogens (tertiary/aromatic N) is 4. The van der Waals surface area contributed by atoms with Crippen LogP contribution in [-0.2, 0) is 13.0 Å². The second kappa shape index (κ2) is 7.37. The fourth-order valence-corrected chi connectivity index (χ4v) is 3.74. The van der Waals surface area contributed by atoms with Crippen molar-refractivity contribution >= 4 is 5.91 Å². The van der Waals surface area contributed by atoms with Gasteiger partial charge < -0.3 is 4.90 Å². The van der Waals surface area contributed by atoms with Crippen molar-refractivity contribution in [3.05, 3.63) is 83.7 Å². The summed E-state index contributed by atoms with van der Waals surface area (Å²) in [7, 11) is 4.02. The van der Waals surface area contributed by atoms with Gasteiger partial charge in [-0.3, -0.25) is 9.69 Å². The smallest absolute Gasteiger partial charge is 0.253 e. The number of benzene rings is 2. The minimum Gasteiger partial charge on any atom is -0.340 e. The third-order valence-corrected chi connectivity index (χ3v) is 5.31. The summed E-state index contributed by atoms with van der Waals surface area (Å²) in [4.78, 5) is 17.1. The molecular weight excluding hydrogens is 336 g/mol. The molecule has 5 nitrogen and oxygen atoms in total. The Morgan fingerprint density at radius 3 is 2.74 bits per heavy atom. The molecule has 4 rings (SSSR count). The van der Waals surface area contributed by atoms with Gasteiger partial charge in [-0.05, 0) is 48.9 Å². The Hall–Kier alpha value is -2.92. The maximum atomic E-state index is 13.0. The van der Waals surface area contributed by atoms with Crippen molar-refractivity contribution < 1.29 is 4.79 Å². The lowest BCUT2D eigenvalue weighted by molar-refractivity contribution is 0.0733. The summed E-state index contributed by atoms with van der Waals surface area (Å²) in [6, 6.07) is 18.4. The lowest BCUT2D eigenvalue weighted by atomic mass is 9.94. The number of likely N-dealkylation sites (N-methyl/N-ethyl adjacent to an activating group) is 2. The molecule has 138 valence electrons. The number of amides is 1. The second-order valence-corrected chi connectivity index (χ2v) is 7.23. The van der Waals surface area contributed by atoms with Crippen molar-refractivity contribution in [3.63, 3.8) is 0 Å². The molecule has 3 aromatic rings. The van der Waals surface area contributed by atoms with Gasteiger partial charge >= 0.3 is 0 Å². The van der Waals surface area contributed by atoms with Gasteiger partial charge in [0.05, 0.1) is 5.69 Å². The standard InChI is InChI=1S/C22H24N4O/c1-24-15-19-8-4-3-7-17(19)13-21(24)16-25(2)22(27)18-9-5-10-20(14-18)26-12-6-11-23-26/h3-12,14,21H,13,15-16H2,1-2H3/t21-/m0/s1. The normalized spacial score (nSPS) is 16.7. The van der Waals surface area contributed by atoms with Crippen LogP contribution in [0.4, 0.5) is 0 Å². The summed E-state index contributed by atoms with van der Waals surface area (Å²) in [5.41, 5.74) is 4.35. The topological polar surface area (TPSA) is 41.4 Å². The minimum atomic E-state index is 0.0382. The summed E-state index contributed by atoms with van der Waals surface area (Å²) in [5, 5.41) is 4.24. The van der Waals surface area contributed by atoms with E-state index in [4.69, 9.17) is 0 Å². The quantitative estimate of drug-likeness (QED) is 0.718. The molecular formula is C22H24N4O. The van der Waals surface area contributed by atoms with Crippen molar-refractivity contribution in [2.24, 2.45) is 0 Å². The van der Waals surface area contributed by atoms with Gasteiger partial charge in [-0.1, -0.05) is 30.3 Å². The maximum Gasteiger partial charge on any atom is 0.253 e. The van der Waals surface area contributed by atoms with E-state index in [1.807, 2.05) is 48.5 Å². The summed E-state index contributed by atoms with van der Waals surface area (Å²) >= 11 is 0. The van der Waals surface area contributed by atoms with Gasteiger partial charge in [0.25, 0.3) is 5.91 Å². The van der Waals surface area contributed by atoms with E-state index >= 15 is 0 Å². The predicted molar refractivity (Wildman–Crippen MR) is 106 cm³/mol. The monoisotopic (exact) mass is 360 g/mol. The molecule has 1 aromatic heterocycles. The van der Waals surface area contributed by atoms with Gasteiger partial charge in [-0.15, -0.1) is 0 Å². The molecule has 0 unspecified atom stereocenters. The Bertz CT molecular complexity index is 935. The summed E-state index contributed by atoms with van der Waals surface area (Å²) in [6.45, 7) is 1.63. The first-order valence-corrected chi connectivity index (χ1v) is 9.24. The van der Waals surface area contributed by atoms with Crippen LogP contribution in [0, 0.1) is 0 Å². The van der Waals surface area contributed by atoms with E-state index in [1.165, 1.54) is 11.1 Å². The van der Waals surface area contributed by atoms with Crippen molar-refractivity contribution in [3.8, 4) is 5.69 Å². The number of rotatable bonds is 4. The Kier molecular flexibility index (Phi) is 4.77. The molecule has 1 atom stereocenters. The minimum absolute atomic E-state index is 0.0382. The highest BCUT2D eigenvalue weighted by molar-refractivity contribution is 5.94. The van der Waals surface area contributed by atoms with Crippen molar-refractivity contribution in [2.45, 2.75) is 19.0 Å². The second-order valence-electron chi connectivity index (χ2n) is 7.23. The molecule has 2 heterocycles. The molecule has 0 aliphatic carbocycles. The molecule has 1 aliphatic rings. The zero-order valence-corrected chi connectivity index (χ0v) is 15.7. The largest absolute Gasteiger partial charge is 0.340 e. The van der Waals surface area contributed by atoms with Crippen molar-refractivity contribution in [1.29, 1.82) is 0 Å². The molecule has 1 aliphatic heterocycles. The van der Waals surface area contributed by atoms with E-state index in [-0.39, 0.29) is 5.91 Å². The van der Waals surface area contributed by atoms with E-state index in [2.05, 4.69) is 41.3 Å². The summed E-state index contributed by atoms with van der Waals surface area (Å²) in [6.07, 6.45) is 4.58. The molecule has 0 saturated heterocycles. The highest BCUT2D eigenvalue weighted by Crippen LogP contribution is 2.22. The Morgan fingerprint density at radius 2 is 1.96 bits per heavy atom. The molecule has 0 radical (unpaired) electrons. The fraction of sp³-hybridized carbons (Fsp3) is 0.273. The number of hydrogen-bond donors (Lipinski definition) is 0. The van der Waals surface area contributed by atoms with E-state index in [1.54, 1.807) is 10.9 Å². The van der Waals surface area contributed by atoms with Crippen LogP contribution < -0.4 is 0 Å². The van der Waals surface area contributed by atoms with Gasteiger partial charge in [0, 0.05) is 44.1 Å². The first-order chi connectivity index (χ1) is 13.1. The lowest BCUT2D eigenvalue weighted by Gasteiger charge is -2.36. The molecule has 0 saturated carbocycles. The molecule has 0 spiro atoms. The third-order valence-electron chi connectivity index (χ3n) is 5.31. The highest BCUT2D eigenvalue weighted by atomic mass is 16.2. The van der Waals surface area contributed by atoms with Gasteiger partial charge in [0.1, 0.15) is 0 Å². The van der Waals surface area contributed by atoms with Crippen LogP contribution in [0.1, 0.15) is 21.5 Å². The Labute approximate surface area is 159 Å². The average Bonchev–Trinajstić information content (AvgIpc) is 3.23. The van der Waals surface area contributed by atoms with E-state index in [0.29, 0.717) is 18.2 Å². The number of carbonyl (C=O) groups is 1. The lowest BCUT2D eigenvalue weighted by Crippen LogP contribution is -2.46. The molecule has 5 heteroatoms. The van der Waals surface area contributed by atoms with E-state index in [9.17, 15) is 4.79 Å². The number of aromatic nitrogens is 2. The molecule has 0 N–H and O–H groups in total. The van der Waals surface area contributed by atoms with Crippen LogP contribution in [0.5, 0.6) is 0 Å². The highest BCUT2D eigenvalue weighted by Gasteiger charge is 2.25. The van der Waals surface area contributed by atoms with Gasteiger partial charge in [0.2, 0.25) is 0 Å². The van der Waals surface area contributed by atoms with E-state index < -0.39 is 0 Å². The number of carbonyl (C=O) groups excluding carboxylic acids is 1.